The zero-order valence-electron chi connectivity index (χ0n) is 27.3. The summed E-state index contributed by atoms with van der Waals surface area (Å²) in [5, 5.41) is 21.9. The summed E-state index contributed by atoms with van der Waals surface area (Å²) in [6.45, 7) is 8.50. The summed E-state index contributed by atoms with van der Waals surface area (Å²) in [7, 11) is 5.04. The Morgan fingerprint density at radius 3 is 2.41 bits per heavy atom. The van der Waals surface area contributed by atoms with Gasteiger partial charge in [0.05, 0.1) is 26.5 Å². The number of benzene rings is 2. The average Bonchev–Trinajstić information content (AvgIpc) is 3.62. The highest BCUT2D eigenvalue weighted by molar-refractivity contribution is 5.93. The van der Waals surface area contributed by atoms with Gasteiger partial charge in [-0.25, -0.2) is 9.59 Å². The zero-order valence-corrected chi connectivity index (χ0v) is 27.3. The molecule has 46 heavy (non-hydrogen) atoms. The SMILES string of the molecule is CCc1c(O)c(C(=O)O)c(=O)n(Cc2ccc(OC)cc2OC)c1-c1ccc2c(c1)cc(C1CCN(C(=O)OC(C)(C)C)C1)n2C. The van der Waals surface area contributed by atoms with Gasteiger partial charge in [-0.2, -0.15) is 0 Å². The molecule has 5 rings (SSSR count). The first-order valence-corrected chi connectivity index (χ1v) is 15.3. The molecule has 3 heterocycles. The Hall–Kier alpha value is -4.93. The van der Waals surface area contributed by atoms with Gasteiger partial charge in [-0.1, -0.05) is 13.0 Å². The Bertz CT molecular complexity index is 1880. The molecule has 2 aromatic heterocycles. The molecule has 4 aromatic rings. The molecule has 2 N–H and O–H groups in total. The number of carboxylic acids is 1. The van der Waals surface area contributed by atoms with Crippen molar-refractivity contribution in [3.8, 4) is 28.5 Å². The second-order valence-corrected chi connectivity index (χ2v) is 12.6. The van der Waals surface area contributed by atoms with Gasteiger partial charge >= 0.3 is 12.1 Å². The molecule has 11 nitrogen and oxygen atoms in total. The number of aromatic hydroxyl groups is 1. The van der Waals surface area contributed by atoms with E-state index < -0.39 is 28.4 Å². The number of hydrogen-bond acceptors (Lipinski definition) is 7. The number of likely N-dealkylation sites (tertiary alicyclic amines) is 1. The van der Waals surface area contributed by atoms with Gasteiger partial charge in [-0.15, -0.1) is 0 Å². The molecule has 1 amide bonds. The number of rotatable bonds is 8. The van der Waals surface area contributed by atoms with Crippen molar-refractivity contribution in [2.45, 2.75) is 58.6 Å². The third kappa shape index (κ3) is 6.01. The molecule has 0 saturated carbocycles. The molecule has 0 bridgehead atoms. The number of amides is 1. The zero-order chi connectivity index (χ0) is 33.5. The summed E-state index contributed by atoms with van der Waals surface area (Å²) >= 11 is 0. The topological polar surface area (TPSA) is 132 Å². The number of ether oxygens (including phenoxy) is 3. The fraction of sp³-hybridized carbons (Fsp3) is 0.400. The van der Waals surface area contributed by atoms with E-state index >= 15 is 0 Å². The fourth-order valence-electron chi connectivity index (χ4n) is 6.33. The van der Waals surface area contributed by atoms with Gasteiger partial charge in [0, 0.05) is 59.8 Å². The van der Waals surface area contributed by atoms with Crippen LogP contribution in [-0.2, 0) is 24.8 Å². The minimum absolute atomic E-state index is 0.00442. The highest BCUT2D eigenvalue weighted by Gasteiger charge is 2.32. The van der Waals surface area contributed by atoms with Crippen LogP contribution in [0.15, 0.2) is 47.3 Å². The first kappa shape index (κ1) is 32.5. The quantitative estimate of drug-likeness (QED) is 0.251. The van der Waals surface area contributed by atoms with E-state index in [0.717, 1.165) is 23.0 Å². The van der Waals surface area contributed by atoms with E-state index in [1.54, 1.807) is 30.2 Å². The largest absolute Gasteiger partial charge is 0.506 e. The molecular weight excluding hydrogens is 590 g/mol. The number of pyridine rings is 1. The molecule has 244 valence electrons. The lowest BCUT2D eigenvalue weighted by atomic mass is 9.98. The molecule has 0 spiro atoms. The molecule has 1 aliphatic heterocycles. The van der Waals surface area contributed by atoms with Crippen LogP contribution in [0.1, 0.15) is 67.2 Å². The number of methoxy groups -OCH3 is 2. The molecular formula is C35H41N3O8. The number of aromatic nitrogens is 2. The Balaban J connectivity index is 1.61. The summed E-state index contributed by atoms with van der Waals surface area (Å²) in [6, 6.07) is 13.1. The van der Waals surface area contributed by atoms with E-state index in [1.165, 1.54) is 11.7 Å². The van der Waals surface area contributed by atoms with Gasteiger partial charge in [0.15, 0.2) is 5.56 Å². The van der Waals surface area contributed by atoms with Gasteiger partial charge in [0.25, 0.3) is 5.56 Å². The number of fused-ring (bicyclic) bond motifs is 1. The Morgan fingerprint density at radius 1 is 1.04 bits per heavy atom. The Kier molecular flexibility index (Phi) is 8.79. The third-order valence-electron chi connectivity index (χ3n) is 8.54. The third-order valence-corrected chi connectivity index (χ3v) is 8.54. The standard InChI is InChI=1S/C35H41N3O8/c1-8-25-30(38(32(40)29(31(25)39)33(41)42)19-22-9-11-24(44-6)17-28(22)45-7)20-10-12-26-23(15-20)16-27(36(26)5)21-13-14-37(18-21)34(43)46-35(2,3)4/h9-12,15-17,21,39H,8,13-14,18-19H2,1-7H3,(H,41,42). The number of carbonyl (C=O) groups is 2. The smallest absolute Gasteiger partial charge is 0.410 e. The van der Waals surface area contributed by atoms with Crippen LogP contribution < -0.4 is 15.0 Å². The van der Waals surface area contributed by atoms with Crippen LogP contribution in [0.5, 0.6) is 17.2 Å². The molecule has 11 heteroatoms. The summed E-state index contributed by atoms with van der Waals surface area (Å²) < 4.78 is 20.0. The molecule has 2 aromatic carbocycles. The van der Waals surface area contributed by atoms with Gasteiger partial charge < -0.3 is 38.5 Å². The molecule has 1 fully saturated rings. The van der Waals surface area contributed by atoms with E-state index in [-0.39, 0.29) is 25.0 Å². The van der Waals surface area contributed by atoms with Crippen LogP contribution in [0, 0.1) is 0 Å². The van der Waals surface area contributed by atoms with Gasteiger partial charge in [-0.05, 0) is 69.5 Å². The molecule has 1 atom stereocenters. The van der Waals surface area contributed by atoms with Crippen LogP contribution in [0.2, 0.25) is 0 Å². The predicted octanol–water partition coefficient (Wildman–Crippen LogP) is 5.76. The van der Waals surface area contributed by atoms with Crippen LogP contribution in [0.3, 0.4) is 0 Å². The number of aromatic carboxylic acids is 1. The number of nitrogens with zero attached hydrogens (tertiary/aromatic N) is 3. The molecule has 1 aliphatic rings. The first-order chi connectivity index (χ1) is 21.8. The van der Waals surface area contributed by atoms with Crippen molar-refractivity contribution < 1.29 is 34.0 Å². The van der Waals surface area contributed by atoms with Gasteiger partial charge in [-0.3, -0.25) is 4.79 Å². The van der Waals surface area contributed by atoms with E-state index in [1.807, 2.05) is 52.9 Å². The second-order valence-electron chi connectivity index (χ2n) is 12.6. The van der Waals surface area contributed by atoms with Crippen molar-refractivity contribution in [1.29, 1.82) is 0 Å². The van der Waals surface area contributed by atoms with E-state index in [4.69, 9.17) is 14.2 Å². The fourth-order valence-corrected chi connectivity index (χ4v) is 6.33. The molecule has 0 aliphatic carbocycles. The molecule has 0 radical (unpaired) electrons. The Morgan fingerprint density at radius 2 is 1.78 bits per heavy atom. The number of aryl methyl sites for hydroxylation is 1. The Labute approximate surface area is 267 Å². The summed E-state index contributed by atoms with van der Waals surface area (Å²) in [5.41, 5.74) is 2.03. The van der Waals surface area contributed by atoms with Crippen LogP contribution in [0.25, 0.3) is 22.2 Å². The monoisotopic (exact) mass is 631 g/mol. The molecule has 1 saturated heterocycles. The highest BCUT2D eigenvalue weighted by atomic mass is 16.6. The normalized spacial score (nSPS) is 14.9. The minimum Gasteiger partial charge on any atom is -0.506 e. The van der Waals surface area contributed by atoms with E-state index in [0.29, 0.717) is 47.0 Å². The second kappa shape index (κ2) is 12.5. The molecule has 1 unspecified atom stereocenters. The van der Waals surface area contributed by atoms with Gasteiger partial charge in [0.2, 0.25) is 0 Å². The van der Waals surface area contributed by atoms with Gasteiger partial charge in [0.1, 0.15) is 22.8 Å². The number of hydrogen-bond donors (Lipinski definition) is 2. The van der Waals surface area contributed by atoms with E-state index in [9.17, 15) is 24.6 Å². The van der Waals surface area contributed by atoms with Crippen LogP contribution >= 0.6 is 0 Å². The van der Waals surface area contributed by atoms with Crippen molar-refractivity contribution in [2.24, 2.45) is 7.05 Å². The van der Waals surface area contributed by atoms with Crippen molar-refractivity contribution in [3.05, 3.63) is 75.2 Å². The highest BCUT2D eigenvalue weighted by Crippen LogP contribution is 2.37. The van der Waals surface area contributed by atoms with Crippen molar-refractivity contribution in [3.63, 3.8) is 0 Å². The first-order valence-electron chi connectivity index (χ1n) is 15.3. The minimum atomic E-state index is -1.50. The lowest BCUT2D eigenvalue weighted by Gasteiger charge is -2.24. The maximum Gasteiger partial charge on any atom is 0.410 e. The lowest BCUT2D eigenvalue weighted by Crippen LogP contribution is -2.35. The number of carboxylic acid groups (broad SMARTS) is 1. The van der Waals surface area contributed by atoms with Crippen LogP contribution in [-0.4, -0.2) is 69.2 Å². The van der Waals surface area contributed by atoms with E-state index in [2.05, 4.69) is 10.6 Å². The van der Waals surface area contributed by atoms with Crippen molar-refractivity contribution >= 4 is 23.0 Å². The van der Waals surface area contributed by atoms with Crippen molar-refractivity contribution in [2.75, 3.05) is 27.3 Å². The summed E-state index contributed by atoms with van der Waals surface area (Å²) in [4.78, 5) is 40.4. The lowest BCUT2D eigenvalue weighted by molar-refractivity contribution is 0.0292. The van der Waals surface area contributed by atoms with Crippen molar-refractivity contribution in [1.82, 2.24) is 14.0 Å². The average molecular weight is 632 g/mol. The predicted molar refractivity (Wildman–Crippen MR) is 174 cm³/mol. The summed E-state index contributed by atoms with van der Waals surface area (Å²) in [5.74, 6) is -0.880. The van der Waals surface area contributed by atoms with Crippen LogP contribution in [0.4, 0.5) is 4.79 Å². The summed E-state index contributed by atoms with van der Waals surface area (Å²) in [6.07, 6.45) is 0.755. The maximum absolute atomic E-state index is 13.8. The maximum atomic E-state index is 13.8. The number of carbonyl (C=O) groups excluding carboxylic acids is 1.